The molecule has 4 heterocycles. The summed E-state index contributed by atoms with van der Waals surface area (Å²) in [5.41, 5.74) is 1.42. The molecule has 29 heavy (non-hydrogen) atoms. The van der Waals surface area contributed by atoms with Crippen LogP contribution in [0.2, 0.25) is 0 Å². The first kappa shape index (κ1) is 18.4. The molecule has 3 aliphatic heterocycles. The number of piperidine rings is 1. The van der Waals surface area contributed by atoms with Gasteiger partial charge >= 0.3 is 0 Å². The molecule has 0 unspecified atom stereocenters. The Kier molecular flexibility index (Phi) is 4.42. The number of hydrogen-bond acceptors (Lipinski definition) is 7. The maximum absolute atomic E-state index is 13.7. The topological polar surface area (TPSA) is 74.5 Å². The summed E-state index contributed by atoms with van der Waals surface area (Å²) in [5, 5.41) is 10.6. The quantitative estimate of drug-likeness (QED) is 0.768. The number of nitriles is 1. The largest absolute Gasteiger partial charge is 0.369 e. The molecule has 0 bridgehead atoms. The number of hydroxylamine groups is 2. The fourth-order valence-electron chi connectivity index (χ4n) is 4.39. The van der Waals surface area contributed by atoms with E-state index in [4.69, 9.17) is 14.8 Å². The van der Waals surface area contributed by atoms with Crippen LogP contribution in [-0.4, -0.2) is 40.1 Å². The van der Waals surface area contributed by atoms with Gasteiger partial charge in [0.25, 0.3) is 0 Å². The Morgan fingerprint density at radius 3 is 2.41 bits per heavy atom. The molecule has 150 valence electrons. The summed E-state index contributed by atoms with van der Waals surface area (Å²) in [5.74, 6) is -1.75. The molecule has 1 aromatic carbocycles. The molecule has 0 aliphatic carbocycles. The molecule has 2 aromatic rings. The van der Waals surface area contributed by atoms with E-state index in [0.29, 0.717) is 31.5 Å². The molecule has 7 nitrogen and oxygen atoms in total. The highest BCUT2D eigenvalue weighted by molar-refractivity contribution is 5.43. The maximum atomic E-state index is 13.7. The summed E-state index contributed by atoms with van der Waals surface area (Å²) >= 11 is 0. The molecule has 0 amide bonds. The molecule has 0 saturated carbocycles. The van der Waals surface area contributed by atoms with Crippen LogP contribution in [0, 0.1) is 23.0 Å². The fourth-order valence-corrected chi connectivity index (χ4v) is 4.39. The first-order chi connectivity index (χ1) is 14.0. The van der Waals surface area contributed by atoms with Crippen molar-refractivity contribution in [2.45, 2.75) is 43.7 Å². The SMILES string of the molecule is N#Cc1ncc(N2CCC3(CC2)O[C@@H]2CC[C@@H](c4cc(F)cc(F)c4)N2O3)cn1. The van der Waals surface area contributed by atoms with Crippen LogP contribution < -0.4 is 4.90 Å². The molecule has 3 saturated heterocycles. The van der Waals surface area contributed by atoms with Crippen molar-refractivity contribution in [3.63, 3.8) is 0 Å². The zero-order valence-corrected chi connectivity index (χ0v) is 15.6. The Bertz CT molecular complexity index is 936. The van der Waals surface area contributed by atoms with Crippen LogP contribution in [0.4, 0.5) is 14.5 Å². The third kappa shape index (κ3) is 3.33. The van der Waals surface area contributed by atoms with Crippen LogP contribution in [-0.2, 0) is 9.57 Å². The lowest BCUT2D eigenvalue weighted by Crippen LogP contribution is -2.46. The van der Waals surface area contributed by atoms with E-state index in [1.54, 1.807) is 17.5 Å². The fraction of sp³-hybridized carbons (Fsp3) is 0.450. The average molecular weight is 399 g/mol. The van der Waals surface area contributed by atoms with Crippen molar-refractivity contribution in [2.75, 3.05) is 18.0 Å². The molecular weight excluding hydrogens is 380 g/mol. The number of benzene rings is 1. The number of fused-ring (bicyclic) bond motifs is 1. The van der Waals surface area contributed by atoms with Gasteiger partial charge in [-0.1, -0.05) is 0 Å². The van der Waals surface area contributed by atoms with Crippen molar-refractivity contribution < 1.29 is 18.4 Å². The Balaban J connectivity index is 1.28. The zero-order chi connectivity index (χ0) is 20.0. The smallest absolute Gasteiger partial charge is 0.232 e. The minimum absolute atomic E-state index is 0.144. The lowest BCUT2D eigenvalue weighted by atomic mass is 10.0. The van der Waals surface area contributed by atoms with Gasteiger partial charge < -0.3 is 9.64 Å². The van der Waals surface area contributed by atoms with Crippen molar-refractivity contribution in [1.29, 1.82) is 5.26 Å². The number of aromatic nitrogens is 2. The highest BCUT2D eigenvalue weighted by Gasteiger charge is 2.53. The van der Waals surface area contributed by atoms with E-state index >= 15 is 0 Å². The van der Waals surface area contributed by atoms with E-state index in [2.05, 4.69) is 14.9 Å². The van der Waals surface area contributed by atoms with Crippen LogP contribution >= 0.6 is 0 Å². The number of rotatable bonds is 2. The average Bonchev–Trinajstić information content (AvgIpc) is 3.25. The van der Waals surface area contributed by atoms with Gasteiger partial charge in [0.2, 0.25) is 5.82 Å². The van der Waals surface area contributed by atoms with E-state index < -0.39 is 17.4 Å². The molecular formula is C20H19F2N5O2. The van der Waals surface area contributed by atoms with Gasteiger partial charge in [-0.3, -0.25) is 4.84 Å². The summed E-state index contributed by atoms with van der Waals surface area (Å²) in [7, 11) is 0. The number of hydrogen-bond donors (Lipinski definition) is 0. The molecule has 0 N–H and O–H groups in total. The van der Waals surface area contributed by atoms with Crippen LogP contribution in [0.15, 0.2) is 30.6 Å². The predicted molar refractivity (Wildman–Crippen MR) is 97.1 cm³/mol. The van der Waals surface area contributed by atoms with Crippen LogP contribution in [0.5, 0.6) is 0 Å². The Morgan fingerprint density at radius 2 is 1.76 bits per heavy atom. The molecule has 5 rings (SSSR count). The molecule has 3 aliphatic rings. The normalized spacial score (nSPS) is 25.9. The number of anilines is 1. The third-order valence-corrected chi connectivity index (χ3v) is 5.80. The Morgan fingerprint density at radius 1 is 1.07 bits per heavy atom. The summed E-state index contributed by atoms with van der Waals surface area (Å²) in [6.07, 6.45) is 5.83. The monoisotopic (exact) mass is 399 g/mol. The van der Waals surface area contributed by atoms with Crippen molar-refractivity contribution in [3.8, 4) is 6.07 Å². The minimum Gasteiger partial charge on any atom is -0.369 e. The summed E-state index contributed by atoms with van der Waals surface area (Å²) in [6.45, 7) is 1.38. The number of ether oxygens (including phenoxy) is 1. The van der Waals surface area contributed by atoms with E-state index in [1.165, 1.54) is 12.1 Å². The second-order valence-electron chi connectivity index (χ2n) is 7.59. The molecule has 2 atom stereocenters. The van der Waals surface area contributed by atoms with Crippen LogP contribution in [0.1, 0.15) is 43.1 Å². The van der Waals surface area contributed by atoms with Gasteiger partial charge in [-0.05, 0) is 30.5 Å². The summed E-state index contributed by atoms with van der Waals surface area (Å²) in [4.78, 5) is 16.4. The Hall–Kier alpha value is -2.67. The highest BCUT2D eigenvalue weighted by Crippen LogP contribution is 2.48. The van der Waals surface area contributed by atoms with Gasteiger partial charge in [-0.25, -0.2) is 18.7 Å². The number of halogens is 2. The second kappa shape index (κ2) is 6.99. The van der Waals surface area contributed by atoms with E-state index in [9.17, 15) is 8.78 Å². The van der Waals surface area contributed by atoms with Gasteiger partial charge in [0.1, 0.15) is 23.9 Å². The van der Waals surface area contributed by atoms with Crippen molar-refractivity contribution in [2.24, 2.45) is 0 Å². The molecule has 0 radical (unpaired) electrons. The van der Waals surface area contributed by atoms with E-state index in [-0.39, 0.29) is 18.1 Å². The van der Waals surface area contributed by atoms with Crippen LogP contribution in [0.25, 0.3) is 0 Å². The van der Waals surface area contributed by atoms with Crippen molar-refractivity contribution >= 4 is 5.69 Å². The van der Waals surface area contributed by atoms with Gasteiger partial charge in [-0.15, -0.1) is 5.06 Å². The van der Waals surface area contributed by atoms with Crippen molar-refractivity contribution in [3.05, 3.63) is 53.6 Å². The molecule has 9 heteroatoms. The number of nitrogens with zero attached hydrogens (tertiary/aromatic N) is 5. The van der Waals surface area contributed by atoms with Crippen LogP contribution in [0.3, 0.4) is 0 Å². The second-order valence-corrected chi connectivity index (χ2v) is 7.59. The predicted octanol–water partition coefficient (Wildman–Crippen LogP) is 3.05. The summed E-state index contributed by atoms with van der Waals surface area (Å²) < 4.78 is 33.6. The van der Waals surface area contributed by atoms with Crippen molar-refractivity contribution in [1.82, 2.24) is 15.0 Å². The first-order valence-electron chi connectivity index (χ1n) is 9.64. The molecule has 1 spiro atoms. The maximum Gasteiger partial charge on any atom is 0.232 e. The van der Waals surface area contributed by atoms with Gasteiger partial charge in [0.15, 0.2) is 5.79 Å². The Labute approximate surface area is 166 Å². The highest BCUT2D eigenvalue weighted by atomic mass is 19.1. The van der Waals surface area contributed by atoms with Gasteiger partial charge in [0.05, 0.1) is 24.1 Å². The van der Waals surface area contributed by atoms with E-state index in [1.807, 2.05) is 6.07 Å². The van der Waals surface area contributed by atoms with Gasteiger partial charge in [0, 0.05) is 32.0 Å². The zero-order valence-electron chi connectivity index (χ0n) is 15.6. The lowest BCUT2D eigenvalue weighted by Gasteiger charge is -2.38. The molecule has 1 aromatic heterocycles. The standard InChI is InChI=1S/C20H19F2N5O2/c21-14-7-13(8-15(22)9-14)17-1-2-19-27(17)29-20(28-19)3-5-26(6-4-20)16-11-24-18(10-23)25-12-16/h7-9,11-12,17,19H,1-6H2/t17-,19+/m0/s1. The van der Waals surface area contributed by atoms with Gasteiger partial charge in [-0.2, -0.15) is 5.26 Å². The third-order valence-electron chi connectivity index (χ3n) is 5.80. The molecule has 3 fully saturated rings. The first-order valence-corrected chi connectivity index (χ1v) is 9.64. The minimum atomic E-state index is -0.723. The lowest BCUT2D eigenvalue weighted by molar-refractivity contribution is -0.255. The summed E-state index contributed by atoms with van der Waals surface area (Å²) in [6, 6.07) is 5.28. The van der Waals surface area contributed by atoms with E-state index in [0.717, 1.165) is 24.6 Å².